The summed E-state index contributed by atoms with van der Waals surface area (Å²) in [6.45, 7) is 0. The number of phenolic OH excluding ortho intramolecular Hbond substituents is 2. The molecule has 2 heterocycles. The first-order chi connectivity index (χ1) is 12.9. The van der Waals surface area contributed by atoms with Gasteiger partial charge in [0.25, 0.3) is 0 Å². The molecule has 27 heavy (non-hydrogen) atoms. The number of aromatic hydroxyl groups is 2. The number of halogens is 2. The molecule has 0 bridgehead atoms. The van der Waals surface area contributed by atoms with Crippen molar-refractivity contribution < 1.29 is 24.5 Å². The van der Waals surface area contributed by atoms with Crippen molar-refractivity contribution in [3.63, 3.8) is 0 Å². The lowest BCUT2D eigenvalue weighted by molar-refractivity contribution is 0.0223. The second-order valence-electron chi connectivity index (χ2n) is 6.30. The SMILES string of the molecule is O=C1OC2(c3ccc(O)cc3Oc3c2cc(I)c(O)c3I)c2ccccc21. The first-order valence-electron chi connectivity index (χ1n) is 7.99. The van der Waals surface area contributed by atoms with Crippen LogP contribution in [0.5, 0.6) is 23.0 Å². The number of fused-ring (bicyclic) bond motifs is 6. The Morgan fingerprint density at radius 1 is 0.926 bits per heavy atom. The Hall–Kier alpha value is -2.01. The third-order valence-electron chi connectivity index (χ3n) is 4.86. The number of rotatable bonds is 0. The zero-order valence-electron chi connectivity index (χ0n) is 13.5. The van der Waals surface area contributed by atoms with Crippen LogP contribution >= 0.6 is 45.2 Å². The van der Waals surface area contributed by atoms with Crippen LogP contribution in [0.15, 0.2) is 48.5 Å². The van der Waals surface area contributed by atoms with Gasteiger partial charge in [-0.05, 0) is 69.4 Å². The van der Waals surface area contributed by atoms with E-state index in [9.17, 15) is 15.0 Å². The predicted octanol–water partition coefficient (Wildman–Crippen LogP) is 4.88. The summed E-state index contributed by atoms with van der Waals surface area (Å²) in [6, 6.07) is 13.8. The molecule has 134 valence electrons. The number of benzene rings is 3. The zero-order chi connectivity index (χ0) is 18.9. The van der Waals surface area contributed by atoms with E-state index >= 15 is 0 Å². The molecule has 0 radical (unpaired) electrons. The number of carbonyl (C=O) groups is 1. The van der Waals surface area contributed by atoms with Crippen molar-refractivity contribution in [2.75, 3.05) is 0 Å². The molecule has 7 heteroatoms. The van der Waals surface area contributed by atoms with Crippen LogP contribution in [0.25, 0.3) is 0 Å². The second-order valence-corrected chi connectivity index (χ2v) is 8.54. The fraction of sp³-hybridized carbons (Fsp3) is 0.0500. The van der Waals surface area contributed by atoms with E-state index in [4.69, 9.17) is 9.47 Å². The van der Waals surface area contributed by atoms with Crippen LogP contribution in [-0.2, 0) is 10.3 Å². The third-order valence-corrected chi connectivity index (χ3v) is 6.68. The largest absolute Gasteiger partial charge is 0.508 e. The van der Waals surface area contributed by atoms with E-state index in [2.05, 4.69) is 0 Å². The summed E-state index contributed by atoms with van der Waals surface area (Å²) >= 11 is 4.06. The maximum atomic E-state index is 12.7. The van der Waals surface area contributed by atoms with Gasteiger partial charge in [-0.2, -0.15) is 0 Å². The van der Waals surface area contributed by atoms with E-state index in [1.54, 1.807) is 30.3 Å². The quantitative estimate of drug-likeness (QED) is 0.292. The third kappa shape index (κ3) is 2.18. The van der Waals surface area contributed by atoms with E-state index in [1.165, 1.54) is 6.07 Å². The van der Waals surface area contributed by atoms with Gasteiger partial charge in [-0.3, -0.25) is 0 Å². The summed E-state index contributed by atoms with van der Waals surface area (Å²) in [5, 5.41) is 20.3. The van der Waals surface area contributed by atoms with Gasteiger partial charge in [0.05, 0.1) is 18.3 Å². The standard InChI is InChI=1S/C20H10I2O5/c21-14-8-13-18(16(22)17(14)24)26-15-7-9(23)5-6-12(15)20(13)11-4-2-1-3-10(11)19(25)27-20/h1-8,23-24H. The average molecular weight is 584 g/mol. The zero-order valence-corrected chi connectivity index (χ0v) is 17.8. The van der Waals surface area contributed by atoms with Crippen LogP contribution in [-0.4, -0.2) is 16.2 Å². The second kappa shape index (κ2) is 5.74. The van der Waals surface area contributed by atoms with Crippen LogP contribution in [0.4, 0.5) is 0 Å². The maximum Gasteiger partial charge on any atom is 0.340 e. The summed E-state index contributed by atoms with van der Waals surface area (Å²) in [5.74, 6) is 0.512. The van der Waals surface area contributed by atoms with Gasteiger partial charge in [-0.15, -0.1) is 0 Å². The highest BCUT2D eigenvalue weighted by atomic mass is 127. The monoisotopic (exact) mass is 584 g/mol. The molecule has 1 spiro atoms. The lowest BCUT2D eigenvalue weighted by atomic mass is 9.77. The molecule has 1 atom stereocenters. The minimum absolute atomic E-state index is 0.0368. The first-order valence-corrected chi connectivity index (χ1v) is 10.1. The normalized spacial score (nSPS) is 19.1. The van der Waals surface area contributed by atoms with Gasteiger partial charge in [0, 0.05) is 17.2 Å². The Morgan fingerprint density at radius 3 is 2.52 bits per heavy atom. The van der Waals surface area contributed by atoms with Gasteiger partial charge in [-0.1, -0.05) is 18.2 Å². The van der Waals surface area contributed by atoms with Gasteiger partial charge in [0.2, 0.25) is 0 Å². The van der Waals surface area contributed by atoms with E-state index in [0.717, 1.165) is 0 Å². The number of esters is 1. The molecule has 0 aromatic heterocycles. The molecule has 2 aliphatic rings. The van der Waals surface area contributed by atoms with E-state index in [1.807, 2.05) is 57.3 Å². The molecule has 0 fully saturated rings. The van der Waals surface area contributed by atoms with Crippen molar-refractivity contribution in [1.29, 1.82) is 0 Å². The highest BCUT2D eigenvalue weighted by molar-refractivity contribution is 14.1. The Bertz CT molecular complexity index is 1160. The van der Waals surface area contributed by atoms with Crippen LogP contribution < -0.4 is 4.74 Å². The van der Waals surface area contributed by atoms with Crippen molar-refractivity contribution in [3.05, 3.63) is 77.9 Å². The average Bonchev–Trinajstić information content (AvgIpc) is 2.95. The van der Waals surface area contributed by atoms with E-state index in [-0.39, 0.29) is 11.5 Å². The molecule has 0 saturated heterocycles. The topological polar surface area (TPSA) is 76.0 Å². The molecule has 2 N–H and O–H groups in total. The lowest BCUT2D eigenvalue weighted by Gasteiger charge is -2.37. The van der Waals surface area contributed by atoms with Crippen LogP contribution in [0, 0.1) is 7.14 Å². The van der Waals surface area contributed by atoms with Crippen molar-refractivity contribution in [2.45, 2.75) is 5.60 Å². The summed E-state index contributed by atoms with van der Waals surface area (Å²) < 4.78 is 13.2. The first kappa shape index (κ1) is 17.1. The van der Waals surface area contributed by atoms with E-state index < -0.39 is 11.6 Å². The minimum atomic E-state index is -1.20. The lowest BCUT2D eigenvalue weighted by Crippen LogP contribution is -2.33. The number of phenols is 2. The number of hydrogen-bond donors (Lipinski definition) is 2. The number of carbonyl (C=O) groups excluding carboxylic acids is 1. The van der Waals surface area contributed by atoms with E-state index in [0.29, 0.717) is 40.9 Å². The highest BCUT2D eigenvalue weighted by Crippen LogP contribution is 2.58. The Morgan fingerprint density at radius 2 is 1.70 bits per heavy atom. The highest BCUT2D eigenvalue weighted by Gasteiger charge is 2.54. The van der Waals surface area contributed by atoms with Gasteiger partial charge in [-0.25, -0.2) is 4.79 Å². The summed E-state index contributed by atoms with van der Waals surface area (Å²) in [6.07, 6.45) is 0. The van der Waals surface area contributed by atoms with Crippen molar-refractivity contribution in [3.8, 4) is 23.0 Å². The maximum absolute atomic E-state index is 12.7. The molecule has 5 nitrogen and oxygen atoms in total. The van der Waals surface area contributed by atoms with Gasteiger partial charge in [0.15, 0.2) is 11.4 Å². The molecule has 0 aliphatic carbocycles. The molecule has 3 aromatic rings. The Kier molecular flexibility index (Phi) is 3.64. The van der Waals surface area contributed by atoms with Crippen LogP contribution in [0.2, 0.25) is 0 Å². The molecule has 0 amide bonds. The van der Waals surface area contributed by atoms with Crippen molar-refractivity contribution >= 4 is 51.2 Å². The van der Waals surface area contributed by atoms with Gasteiger partial charge in [0.1, 0.15) is 17.2 Å². The molecular weight excluding hydrogens is 574 g/mol. The molecule has 3 aromatic carbocycles. The van der Waals surface area contributed by atoms with Crippen LogP contribution in [0.3, 0.4) is 0 Å². The number of ether oxygens (including phenoxy) is 2. The smallest absolute Gasteiger partial charge is 0.340 e. The Labute approximate surface area is 181 Å². The van der Waals surface area contributed by atoms with Gasteiger partial charge >= 0.3 is 5.97 Å². The molecule has 1 unspecified atom stereocenters. The fourth-order valence-corrected chi connectivity index (χ4v) is 5.50. The molecule has 5 rings (SSSR count). The van der Waals surface area contributed by atoms with Crippen molar-refractivity contribution in [1.82, 2.24) is 0 Å². The Balaban J connectivity index is 1.95. The van der Waals surface area contributed by atoms with Gasteiger partial charge < -0.3 is 19.7 Å². The van der Waals surface area contributed by atoms with Crippen molar-refractivity contribution in [2.24, 2.45) is 0 Å². The number of hydrogen-bond acceptors (Lipinski definition) is 5. The predicted molar refractivity (Wildman–Crippen MR) is 113 cm³/mol. The summed E-state index contributed by atoms with van der Waals surface area (Å²) in [4.78, 5) is 12.7. The molecule has 2 aliphatic heterocycles. The fourth-order valence-electron chi connectivity index (χ4n) is 3.71. The summed E-state index contributed by atoms with van der Waals surface area (Å²) in [7, 11) is 0. The van der Waals surface area contributed by atoms with Crippen LogP contribution in [0.1, 0.15) is 27.0 Å². The molecular formula is C20H10I2O5. The molecule has 0 saturated carbocycles. The summed E-state index contributed by atoms with van der Waals surface area (Å²) in [5.41, 5.74) is 1.28. The minimum Gasteiger partial charge on any atom is -0.508 e.